The van der Waals surface area contributed by atoms with E-state index in [4.69, 9.17) is 0 Å². The number of rotatable bonds is 5. The number of hydrogen-bond acceptors (Lipinski definition) is 4. The molecule has 1 aromatic carbocycles. The first kappa shape index (κ1) is 15.6. The third kappa shape index (κ3) is 4.13. The van der Waals surface area contributed by atoms with Crippen LogP contribution >= 0.6 is 0 Å². The summed E-state index contributed by atoms with van der Waals surface area (Å²) >= 11 is 0. The fraction of sp³-hybridized carbons (Fsp3) is 0.0556. The highest BCUT2D eigenvalue weighted by Gasteiger charge is 2.07. The Hall–Kier alpha value is -3.28. The number of anilines is 2. The summed E-state index contributed by atoms with van der Waals surface area (Å²) in [6, 6.07) is 11.3. The second-order valence-electron chi connectivity index (χ2n) is 5.14. The number of aromatic nitrogens is 2. The van der Waals surface area contributed by atoms with Crippen molar-refractivity contribution in [1.82, 2.24) is 15.3 Å². The van der Waals surface area contributed by atoms with Gasteiger partial charge in [0.25, 0.3) is 5.91 Å². The van der Waals surface area contributed by atoms with Crippen LogP contribution in [-0.4, -0.2) is 15.9 Å². The molecule has 2 heterocycles. The van der Waals surface area contributed by atoms with Gasteiger partial charge in [-0.3, -0.25) is 14.8 Å². The van der Waals surface area contributed by atoms with Gasteiger partial charge in [-0.1, -0.05) is 6.07 Å². The number of nitrogens with one attached hydrogen (secondary N) is 2. The lowest BCUT2D eigenvalue weighted by Gasteiger charge is -2.08. The van der Waals surface area contributed by atoms with Crippen molar-refractivity contribution in [1.29, 1.82) is 0 Å². The average Bonchev–Trinajstić information content (AvgIpc) is 2.63. The highest BCUT2D eigenvalue weighted by atomic mass is 19.1. The molecule has 0 bridgehead atoms. The van der Waals surface area contributed by atoms with Crippen molar-refractivity contribution in [3.05, 3.63) is 84.2 Å². The summed E-state index contributed by atoms with van der Waals surface area (Å²) in [5, 5.41) is 5.90. The van der Waals surface area contributed by atoms with Crippen molar-refractivity contribution < 1.29 is 9.18 Å². The van der Waals surface area contributed by atoms with E-state index >= 15 is 0 Å². The molecule has 5 nitrogen and oxygen atoms in total. The summed E-state index contributed by atoms with van der Waals surface area (Å²) in [5.74, 6) is -0.531. The van der Waals surface area contributed by atoms with Crippen molar-refractivity contribution in [3.8, 4) is 0 Å². The molecule has 0 saturated carbocycles. The van der Waals surface area contributed by atoms with E-state index in [1.165, 1.54) is 18.3 Å². The third-order valence-corrected chi connectivity index (χ3v) is 3.31. The SMILES string of the molecule is O=C(NCc1cccnc1)c1cncc(Nc2ccc(F)cc2)c1. The summed E-state index contributed by atoms with van der Waals surface area (Å²) in [5.41, 5.74) is 2.71. The predicted molar refractivity (Wildman–Crippen MR) is 89.3 cm³/mol. The number of carbonyl (C=O) groups excluding carboxylic acids is 1. The van der Waals surface area contributed by atoms with Gasteiger partial charge in [0, 0.05) is 30.8 Å². The monoisotopic (exact) mass is 322 g/mol. The molecular weight excluding hydrogens is 307 g/mol. The first-order valence-electron chi connectivity index (χ1n) is 7.35. The number of carbonyl (C=O) groups is 1. The van der Waals surface area contributed by atoms with Crippen LogP contribution in [0.4, 0.5) is 15.8 Å². The molecule has 0 atom stereocenters. The van der Waals surface area contributed by atoms with Gasteiger partial charge in [-0.05, 0) is 42.0 Å². The zero-order valence-corrected chi connectivity index (χ0v) is 12.7. The summed E-state index contributed by atoms with van der Waals surface area (Å²) in [6.07, 6.45) is 6.47. The Balaban J connectivity index is 1.65. The van der Waals surface area contributed by atoms with Gasteiger partial charge in [0.05, 0.1) is 17.4 Å². The molecule has 3 rings (SSSR count). The number of amides is 1. The second-order valence-corrected chi connectivity index (χ2v) is 5.14. The smallest absolute Gasteiger partial charge is 0.253 e. The average molecular weight is 322 g/mol. The Bertz CT molecular complexity index is 822. The van der Waals surface area contributed by atoms with E-state index in [1.54, 1.807) is 36.8 Å². The molecule has 1 amide bonds. The minimum atomic E-state index is -0.304. The predicted octanol–water partition coefficient (Wildman–Crippen LogP) is 3.29. The standard InChI is InChI=1S/C18H15FN4O/c19-15-3-5-16(6-4-15)23-17-8-14(11-21-12-17)18(24)22-10-13-2-1-7-20-9-13/h1-9,11-12,23H,10H2,(H,22,24). The van der Waals surface area contributed by atoms with Gasteiger partial charge in [-0.2, -0.15) is 0 Å². The van der Waals surface area contributed by atoms with Crippen LogP contribution in [0, 0.1) is 5.82 Å². The molecule has 0 aliphatic rings. The van der Waals surface area contributed by atoms with Crippen LogP contribution in [0.1, 0.15) is 15.9 Å². The van der Waals surface area contributed by atoms with E-state index in [9.17, 15) is 9.18 Å². The maximum absolute atomic E-state index is 12.9. The lowest BCUT2D eigenvalue weighted by atomic mass is 10.2. The normalized spacial score (nSPS) is 10.2. The highest BCUT2D eigenvalue weighted by Crippen LogP contribution is 2.17. The first-order chi connectivity index (χ1) is 11.7. The van der Waals surface area contributed by atoms with Gasteiger partial charge in [0.2, 0.25) is 0 Å². The minimum absolute atomic E-state index is 0.228. The summed E-state index contributed by atoms with van der Waals surface area (Å²) < 4.78 is 12.9. The van der Waals surface area contributed by atoms with Crippen LogP contribution < -0.4 is 10.6 Å². The molecule has 0 saturated heterocycles. The number of halogens is 1. The lowest BCUT2D eigenvalue weighted by molar-refractivity contribution is 0.0950. The quantitative estimate of drug-likeness (QED) is 0.756. The molecule has 6 heteroatoms. The van der Waals surface area contributed by atoms with E-state index < -0.39 is 0 Å². The Morgan fingerprint density at radius 1 is 1.00 bits per heavy atom. The molecule has 2 aromatic heterocycles. The Morgan fingerprint density at radius 2 is 1.83 bits per heavy atom. The number of benzene rings is 1. The number of nitrogens with zero attached hydrogens (tertiary/aromatic N) is 2. The van der Waals surface area contributed by atoms with Gasteiger partial charge in [-0.25, -0.2) is 4.39 Å². The Labute approximate surface area is 138 Å². The maximum atomic E-state index is 12.9. The van der Waals surface area contributed by atoms with Gasteiger partial charge in [0.1, 0.15) is 5.82 Å². The van der Waals surface area contributed by atoms with Crippen molar-refractivity contribution in [2.45, 2.75) is 6.54 Å². The molecule has 0 unspecified atom stereocenters. The van der Waals surface area contributed by atoms with Crippen molar-refractivity contribution in [2.75, 3.05) is 5.32 Å². The molecule has 2 N–H and O–H groups in total. The van der Waals surface area contributed by atoms with E-state index in [0.29, 0.717) is 23.5 Å². The van der Waals surface area contributed by atoms with Crippen molar-refractivity contribution >= 4 is 17.3 Å². The van der Waals surface area contributed by atoms with E-state index in [2.05, 4.69) is 20.6 Å². The van der Waals surface area contributed by atoms with Crippen LogP contribution in [0.25, 0.3) is 0 Å². The second kappa shape index (κ2) is 7.32. The van der Waals surface area contributed by atoms with Crippen molar-refractivity contribution in [2.24, 2.45) is 0 Å². The largest absolute Gasteiger partial charge is 0.354 e. The van der Waals surface area contributed by atoms with Gasteiger partial charge in [0.15, 0.2) is 0 Å². The highest BCUT2D eigenvalue weighted by molar-refractivity contribution is 5.94. The number of hydrogen-bond donors (Lipinski definition) is 2. The zero-order valence-electron chi connectivity index (χ0n) is 12.7. The van der Waals surface area contributed by atoms with E-state index in [-0.39, 0.29) is 11.7 Å². The summed E-state index contributed by atoms with van der Waals surface area (Å²) in [6.45, 7) is 0.391. The lowest BCUT2D eigenvalue weighted by Crippen LogP contribution is -2.23. The fourth-order valence-electron chi connectivity index (χ4n) is 2.12. The molecule has 0 fully saturated rings. The Morgan fingerprint density at radius 3 is 2.58 bits per heavy atom. The van der Waals surface area contributed by atoms with Crippen LogP contribution in [0.15, 0.2) is 67.3 Å². The molecule has 0 radical (unpaired) electrons. The third-order valence-electron chi connectivity index (χ3n) is 3.31. The van der Waals surface area contributed by atoms with Crippen LogP contribution in [0.2, 0.25) is 0 Å². The van der Waals surface area contributed by atoms with Crippen LogP contribution in [0.3, 0.4) is 0 Å². The minimum Gasteiger partial charge on any atom is -0.354 e. The molecular formula is C18H15FN4O. The van der Waals surface area contributed by atoms with E-state index in [0.717, 1.165) is 5.56 Å². The summed E-state index contributed by atoms with van der Waals surface area (Å²) in [7, 11) is 0. The molecule has 3 aromatic rings. The summed E-state index contributed by atoms with van der Waals surface area (Å²) in [4.78, 5) is 20.3. The maximum Gasteiger partial charge on any atom is 0.253 e. The first-order valence-corrected chi connectivity index (χ1v) is 7.35. The molecule has 0 aliphatic heterocycles. The zero-order chi connectivity index (χ0) is 16.8. The molecule has 120 valence electrons. The van der Waals surface area contributed by atoms with E-state index in [1.807, 2.05) is 12.1 Å². The van der Waals surface area contributed by atoms with Gasteiger partial charge >= 0.3 is 0 Å². The Kier molecular flexibility index (Phi) is 4.76. The molecule has 24 heavy (non-hydrogen) atoms. The molecule has 0 aliphatic carbocycles. The fourth-order valence-corrected chi connectivity index (χ4v) is 2.12. The number of pyridine rings is 2. The van der Waals surface area contributed by atoms with Gasteiger partial charge < -0.3 is 10.6 Å². The van der Waals surface area contributed by atoms with Crippen molar-refractivity contribution in [3.63, 3.8) is 0 Å². The topological polar surface area (TPSA) is 66.9 Å². The molecule has 0 spiro atoms. The van der Waals surface area contributed by atoms with Crippen LogP contribution in [-0.2, 0) is 6.54 Å². The van der Waals surface area contributed by atoms with Gasteiger partial charge in [-0.15, -0.1) is 0 Å². The van der Waals surface area contributed by atoms with Crippen LogP contribution in [0.5, 0.6) is 0 Å².